The molecule has 4 heteroatoms. The van der Waals surface area contributed by atoms with Gasteiger partial charge in [0.2, 0.25) is 0 Å². The summed E-state index contributed by atoms with van der Waals surface area (Å²) >= 11 is 0. The van der Waals surface area contributed by atoms with E-state index in [4.69, 9.17) is 0 Å². The highest BCUT2D eigenvalue weighted by atomic mass is 19.4. The van der Waals surface area contributed by atoms with E-state index in [1.54, 1.807) is 12.1 Å². The number of hydrogen-bond donors (Lipinski definition) is 0. The third-order valence-electron chi connectivity index (χ3n) is 5.03. The van der Waals surface area contributed by atoms with E-state index in [2.05, 4.69) is 17.0 Å². The number of nitrogens with zero attached hydrogens (tertiary/aromatic N) is 1. The molecular weight excluding hydrogens is 335 g/mol. The van der Waals surface area contributed by atoms with Gasteiger partial charge in [0, 0.05) is 0 Å². The van der Waals surface area contributed by atoms with E-state index in [9.17, 15) is 13.2 Å². The Hall–Kier alpha value is -2.07. The van der Waals surface area contributed by atoms with Crippen LogP contribution in [0.15, 0.2) is 60.2 Å². The molecule has 0 saturated heterocycles. The van der Waals surface area contributed by atoms with Crippen LogP contribution in [0.2, 0.25) is 0 Å². The van der Waals surface area contributed by atoms with Crippen molar-refractivity contribution in [3.63, 3.8) is 0 Å². The highest BCUT2D eigenvalue weighted by Crippen LogP contribution is 2.41. The summed E-state index contributed by atoms with van der Waals surface area (Å²) in [4.78, 5) is 2.10. The fourth-order valence-corrected chi connectivity index (χ4v) is 3.86. The number of rotatable bonds is 4. The van der Waals surface area contributed by atoms with E-state index in [-0.39, 0.29) is 6.04 Å². The molecule has 0 amide bonds. The molecule has 0 saturated carbocycles. The SMILES string of the molecule is CN(C)C(C1=C(c2ccccc2)CCCC1)c1ccc(C(F)(F)F)cc1. The average molecular weight is 359 g/mol. The average Bonchev–Trinajstić information content (AvgIpc) is 2.62. The van der Waals surface area contributed by atoms with Gasteiger partial charge in [-0.2, -0.15) is 13.2 Å². The Labute approximate surface area is 153 Å². The molecule has 1 atom stereocenters. The largest absolute Gasteiger partial charge is 0.416 e. The van der Waals surface area contributed by atoms with Crippen molar-refractivity contribution in [2.75, 3.05) is 14.1 Å². The van der Waals surface area contributed by atoms with Gasteiger partial charge in [0.25, 0.3) is 0 Å². The molecule has 138 valence electrons. The smallest absolute Gasteiger partial charge is 0.299 e. The molecule has 1 aliphatic carbocycles. The van der Waals surface area contributed by atoms with Crippen LogP contribution in [-0.2, 0) is 6.18 Å². The first-order valence-electron chi connectivity index (χ1n) is 8.99. The van der Waals surface area contributed by atoms with Crippen LogP contribution in [0.25, 0.3) is 5.57 Å². The van der Waals surface area contributed by atoms with Gasteiger partial charge in [-0.15, -0.1) is 0 Å². The third kappa shape index (κ3) is 4.01. The number of benzene rings is 2. The van der Waals surface area contributed by atoms with Crippen LogP contribution in [0.1, 0.15) is 48.4 Å². The molecule has 0 spiro atoms. The number of alkyl halides is 3. The van der Waals surface area contributed by atoms with Crippen LogP contribution >= 0.6 is 0 Å². The van der Waals surface area contributed by atoms with Crippen molar-refractivity contribution in [1.29, 1.82) is 0 Å². The fourth-order valence-electron chi connectivity index (χ4n) is 3.86. The van der Waals surface area contributed by atoms with Crippen molar-refractivity contribution < 1.29 is 13.2 Å². The first kappa shape index (κ1) is 18.7. The van der Waals surface area contributed by atoms with Crippen molar-refractivity contribution in [2.45, 2.75) is 37.9 Å². The van der Waals surface area contributed by atoms with Gasteiger partial charge in [-0.3, -0.25) is 4.90 Å². The van der Waals surface area contributed by atoms with Crippen LogP contribution in [0.5, 0.6) is 0 Å². The maximum atomic E-state index is 12.9. The van der Waals surface area contributed by atoms with Gasteiger partial charge in [0.05, 0.1) is 11.6 Å². The molecule has 1 nitrogen and oxygen atoms in total. The molecule has 1 aliphatic rings. The fraction of sp³-hybridized carbons (Fsp3) is 0.364. The molecular formula is C22H24F3N. The van der Waals surface area contributed by atoms with Crippen LogP contribution < -0.4 is 0 Å². The van der Waals surface area contributed by atoms with Gasteiger partial charge in [-0.05, 0) is 74.2 Å². The predicted octanol–water partition coefficient (Wildman–Crippen LogP) is 6.34. The Balaban J connectivity index is 2.05. The molecule has 0 radical (unpaired) electrons. The highest BCUT2D eigenvalue weighted by Gasteiger charge is 2.31. The van der Waals surface area contributed by atoms with E-state index in [1.165, 1.54) is 28.8 Å². The summed E-state index contributed by atoms with van der Waals surface area (Å²) < 4.78 is 38.7. The van der Waals surface area contributed by atoms with Gasteiger partial charge in [0.15, 0.2) is 0 Å². The summed E-state index contributed by atoms with van der Waals surface area (Å²) in [6.45, 7) is 0. The Morgan fingerprint density at radius 1 is 0.846 bits per heavy atom. The van der Waals surface area contributed by atoms with Crippen molar-refractivity contribution in [2.24, 2.45) is 0 Å². The predicted molar refractivity (Wildman–Crippen MR) is 99.7 cm³/mol. The van der Waals surface area contributed by atoms with E-state index < -0.39 is 11.7 Å². The molecule has 0 bridgehead atoms. The zero-order valence-corrected chi connectivity index (χ0v) is 15.2. The second-order valence-corrected chi connectivity index (χ2v) is 7.06. The molecule has 3 rings (SSSR count). The second kappa shape index (κ2) is 7.67. The van der Waals surface area contributed by atoms with Gasteiger partial charge in [-0.1, -0.05) is 42.5 Å². The zero-order chi connectivity index (χ0) is 18.7. The van der Waals surface area contributed by atoms with Gasteiger partial charge in [0.1, 0.15) is 0 Å². The Kier molecular flexibility index (Phi) is 5.52. The lowest BCUT2D eigenvalue weighted by atomic mass is 9.81. The monoisotopic (exact) mass is 359 g/mol. The summed E-state index contributed by atoms with van der Waals surface area (Å²) in [5, 5.41) is 0. The highest BCUT2D eigenvalue weighted by molar-refractivity contribution is 5.70. The van der Waals surface area contributed by atoms with Gasteiger partial charge in [-0.25, -0.2) is 0 Å². The summed E-state index contributed by atoms with van der Waals surface area (Å²) in [7, 11) is 3.99. The number of likely N-dealkylation sites (N-methyl/N-ethyl adjacent to an activating group) is 1. The third-order valence-corrected chi connectivity index (χ3v) is 5.03. The molecule has 0 fully saturated rings. The maximum absolute atomic E-state index is 12.9. The van der Waals surface area contributed by atoms with E-state index in [0.29, 0.717) is 0 Å². The lowest BCUT2D eigenvalue weighted by Gasteiger charge is -2.33. The normalized spacial score (nSPS) is 16.8. The molecule has 0 heterocycles. The van der Waals surface area contributed by atoms with Crippen molar-refractivity contribution >= 4 is 5.57 Å². The quantitative estimate of drug-likeness (QED) is 0.616. The van der Waals surface area contributed by atoms with Gasteiger partial charge < -0.3 is 0 Å². The molecule has 0 N–H and O–H groups in total. The lowest BCUT2D eigenvalue weighted by Crippen LogP contribution is -2.24. The maximum Gasteiger partial charge on any atom is 0.416 e. The number of hydrogen-bond acceptors (Lipinski definition) is 1. The topological polar surface area (TPSA) is 3.24 Å². The minimum absolute atomic E-state index is 0.00668. The van der Waals surface area contributed by atoms with E-state index in [1.807, 2.05) is 32.3 Å². The Bertz CT molecular complexity index is 758. The first-order valence-corrected chi connectivity index (χ1v) is 8.99. The van der Waals surface area contributed by atoms with Crippen LogP contribution in [-0.4, -0.2) is 19.0 Å². The summed E-state index contributed by atoms with van der Waals surface area (Å²) in [5.41, 5.74) is 4.21. The van der Waals surface area contributed by atoms with Crippen molar-refractivity contribution in [1.82, 2.24) is 4.90 Å². The van der Waals surface area contributed by atoms with Crippen LogP contribution in [0.3, 0.4) is 0 Å². The molecule has 1 unspecified atom stereocenters. The van der Waals surface area contributed by atoms with Crippen LogP contribution in [0.4, 0.5) is 13.2 Å². The number of allylic oxidation sites excluding steroid dienone is 1. The van der Waals surface area contributed by atoms with Crippen molar-refractivity contribution in [3.05, 3.63) is 76.9 Å². The molecule has 2 aromatic carbocycles. The molecule has 2 aromatic rings. The summed E-state index contributed by atoms with van der Waals surface area (Å²) in [5.74, 6) is 0. The van der Waals surface area contributed by atoms with Crippen LogP contribution in [0, 0.1) is 0 Å². The van der Waals surface area contributed by atoms with E-state index >= 15 is 0 Å². The first-order chi connectivity index (χ1) is 12.4. The van der Waals surface area contributed by atoms with E-state index in [0.717, 1.165) is 31.2 Å². The molecule has 0 aromatic heterocycles. The zero-order valence-electron chi connectivity index (χ0n) is 15.2. The second-order valence-electron chi connectivity index (χ2n) is 7.06. The lowest BCUT2D eigenvalue weighted by molar-refractivity contribution is -0.137. The molecule has 26 heavy (non-hydrogen) atoms. The molecule has 0 aliphatic heterocycles. The van der Waals surface area contributed by atoms with Gasteiger partial charge >= 0.3 is 6.18 Å². The Morgan fingerprint density at radius 3 is 2.04 bits per heavy atom. The summed E-state index contributed by atoms with van der Waals surface area (Å²) in [6, 6.07) is 16.0. The standard InChI is InChI=1S/C22H24F3N/c1-26(2)21(17-12-14-18(15-13-17)22(23,24)25)20-11-7-6-10-19(20)16-8-4-3-5-9-16/h3-5,8-9,12-15,21H,6-7,10-11H2,1-2H3. The minimum atomic E-state index is -4.30. The number of halogens is 3. The van der Waals surface area contributed by atoms with Crippen molar-refractivity contribution in [3.8, 4) is 0 Å². The summed E-state index contributed by atoms with van der Waals surface area (Å²) in [6.07, 6.45) is -0.0264. The Morgan fingerprint density at radius 2 is 1.46 bits per heavy atom. The minimum Gasteiger partial charge on any atom is -0.299 e.